The molecule has 2 bridgehead atoms. The Morgan fingerprint density at radius 1 is 1.19 bits per heavy atom. The van der Waals surface area contributed by atoms with Gasteiger partial charge >= 0.3 is 0 Å². The standard InChI is InChI=1S/C26H29ClN6O3/c27-19-14-29-25-23(22(19)30-21-17-2-1-16(13-17)20(21)26(35)28-7-10-34)31-24(32-25)15-3-5-18(6-4-15)33-8-11-36-12-9-33/h1-6,14,16-17,20-21,34H,7-13H2,(H,28,35)(H2,29,30,31,32)/t16?,17-,20?,21+/m0/s1. The number of rotatable bonds is 7. The van der Waals surface area contributed by atoms with Crippen LogP contribution in [0.4, 0.5) is 11.4 Å². The Kier molecular flexibility index (Phi) is 6.29. The lowest BCUT2D eigenvalue weighted by Crippen LogP contribution is -2.44. The third-order valence-electron chi connectivity index (χ3n) is 7.47. The summed E-state index contributed by atoms with van der Waals surface area (Å²) in [5.74, 6) is 0.826. The summed E-state index contributed by atoms with van der Waals surface area (Å²) in [5, 5.41) is 16.0. The Morgan fingerprint density at radius 2 is 1.97 bits per heavy atom. The van der Waals surface area contributed by atoms with Gasteiger partial charge in [-0.15, -0.1) is 0 Å². The second-order valence-electron chi connectivity index (χ2n) is 9.57. The number of nitrogens with zero attached hydrogens (tertiary/aromatic N) is 3. The summed E-state index contributed by atoms with van der Waals surface area (Å²) in [6.45, 7) is 3.43. The molecule has 0 radical (unpaired) electrons. The summed E-state index contributed by atoms with van der Waals surface area (Å²) in [4.78, 5) is 27.8. The molecule has 1 amide bonds. The number of aromatic nitrogens is 3. The molecule has 2 fully saturated rings. The van der Waals surface area contributed by atoms with E-state index in [9.17, 15) is 4.79 Å². The first-order chi connectivity index (χ1) is 17.6. The smallest absolute Gasteiger partial charge is 0.225 e. The SMILES string of the molecule is O=C(NCCO)C1C2C=C[C@@H](C2)[C@H]1Nc1c(Cl)cnc2nc(-c3ccc(N4CCOCC4)cc3)[nH]c12. The summed E-state index contributed by atoms with van der Waals surface area (Å²) in [6, 6.07) is 8.20. The van der Waals surface area contributed by atoms with Crippen molar-refractivity contribution in [2.24, 2.45) is 17.8 Å². The number of amides is 1. The van der Waals surface area contributed by atoms with Gasteiger partial charge in [0.2, 0.25) is 5.91 Å². The highest BCUT2D eigenvalue weighted by Crippen LogP contribution is 2.46. The van der Waals surface area contributed by atoms with E-state index in [0.29, 0.717) is 22.2 Å². The number of H-pyrrole nitrogens is 1. The Hall–Kier alpha value is -3.14. The summed E-state index contributed by atoms with van der Waals surface area (Å²) in [7, 11) is 0. The maximum Gasteiger partial charge on any atom is 0.225 e. The molecule has 0 spiro atoms. The van der Waals surface area contributed by atoms with Gasteiger partial charge in [-0.3, -0.25) is 4.79 Å². The van der Waals surface area contributed by atoms with Crippen LogP contribution in [0.15, 0.2) is 42.6 Å². The van der Waals surface area contributed by atoms with Crippen LogP contribution < -0.4 is 15.5 Å². The molecular formula is C26H29ClN6O3. The van der Waals surface area contributed by atoms with Crippen LogP contribution in [0.5, 0.6) is 0 Å². The number of fused-ring (bicyclic) bond motifs is 3. The number of benzene rings is 1. The van der Waals surface area contributed by atoms with Crippen LogP contribution in [0.2, 0.25) is 5.02 Å². The van der Waals surface area contributed by atoms with Crippen molar-refractivity contribution >= 4 is 40.0 Å². The van der Waals surface area contributed by atoms with Crippen molar-refractivity contribution in [2.45, 2.75) is 12.5 Å². The van der Waals surface area contributed by atoms with Gasteiger partial charge in [-0.05, 0) is 42.5 Å². The molecule has 1 aromatic carbocycles. The van der Waals surface area contributed by atoms with Gasteiger partial charge in [0.25, 0.3) is 0 Å². The highest BCUT2D eigenvalue weighted by molar-refractivity contribution is 6.34. The summed E-state index contributed by atoms with van der Waals surface area (Å²) >= 11 is 6.62. The Morgan fingerprint density at radius 3 is 2.75 bits per heavy atom. The van der Waals surface area contributed by atoms with Crippen LogP contribution in [-0.4, -0.2) is 71.5 Å². The molecule has 36 heavy (non-hydrogen) atoms. The topological polar surface area (TPSA) is 115 Å². The van der Waals surface area contributed by atoms with Gasteiger partial charge in [0.15, 0.2) is 5.65 Å². The molecule has 1 saturated carbocycles. The van der Waals surface area contributed by atoms with Crippen LogP contribution in [0.3, 0.4) is 0 Å². The van der Waals surface area contributed by atoms with Crippen LogP contribution in [-0.2, 0) is 9.53 Å². The fraction of sp³-hybridized carbons (Fsp3) is 0.423. The molecule has 1 aliphatic heterocycles. The molecule has 188 valence electrons. The zero-order chi connectivity index (χ0) is 24.6. The quantitative estimate of drug-likeness (QED) is 0.363. The van der Waals surface area contributed by atoms with Crippen LogP contribution >= 0.6 is 11.6 Å². The Balaban J connectivity index is 1.28. The van der Waals surface area contributed by atoms with E-state index in [1.165, 1.54) is 0 Å². The number of allylic oxidation sites excluding steroid dienone is 1. The third kappa shape index (κ3) is 4.21. The van der Waals surface area contributed by atoms with Gasteiger partial charge in [0.1, 0.15) is 11.3 Å². The number of imidazole rings is 1. The number of anilines is 2. The number of aliphatic hydroxyl groups is 1. The predicted octanol–water partition coefficient (Wildman–Crippen LogP) is 2.83. The lowest BCUT2D eigenvalue weighted by molar-refractivity contribution is -0.126. The minimum absolute atomic E-state index is 0.0505. The molecular weight excluding hydrogens is 480 g/mol. The van der Waals surface area contributed by atoms with Crippen LogP contribution in [0, 0.1) is 17.8 Å². The van der Waals surface area contributed by atoms with Crippen molar-refractivity contribution in [2.75, 3.05) is 49.7 Å². The molecule has 3 aliphatic rings. The molecule has 2 unspecified atom stereocenters. The van der Waals surface area contributed by atoms with E-state index in [-0.39, 0.29) is 42.9 Å². The van der Waals surface area contributed by atoms with Gasteiger partial charge in [0.05, 0.1) is 42.6 Å². The second-order valence-corrected chi connectivity index (χ2v) is 9.98. The van der Waals surface area contributed by atoms with Gasteiger partial charge in [-0.2, -0.15) is 0 Å². The van der Waals surface area contributed by atoms with E-state index in [0.717, 1.165) is 49.5 Å². The van der Waals surface area contributed by atoms with Gasteiger partial charge in [-0.1, -0.05) is 23.8 Å². The maximum atomic E-state index is 12.9. The second kappa shape index (κ2) is 9.72. The molecule has 6 rings (SSSR count). The number of ether oxygens (including phenoxy) is 1. The number of halogens is 1. The number of nitrogens with one attached hydrogen (secondary N) is 3. The number of pyridine rings is 1. The Labute approximate surface area is 213 Å². The molecule has 4 N–H and O–H groups in total. The number of aromatic amines is 1. The van der Waals surface area contributed by atoms with E-state index in [1.54, 1.807) is 6.20 Å². The number of aliphatic hydroxyl groups excluding tert-OH is 1. The molecule has 2 aliphatic carbocycles. The minimum Gasteiger partial charge on any atom is -0.395 e. The van der Waals surface area contributed by atoms with Crippen LogP contribution in [0.25, 0.3) is 22.6 Å². The average Bonchev–Trinajstić information content (AvgIpc) is 3.65. The normalized spacial score (nSPS) is 25.0. The zero-order valence-electron chi connectivity index (χ0n) is 19.8. The first kappa shape index (κ1) is 23.3. The number of hydrogen-bond donors (Lipinski definition) is 4. The lowest BCUT2D eigenvalue weighted by atomic mass is 9.87. The third-order valence-corrected chi connectivity index (χ3v) is 7.76. The van der Waals surface area contributed by atoms with E-state index in [2.05, 4.69) is 61.9 Å². The van der Waals surface area contributed by atoms with Crippen molar-refractivity contribution < 1.29 is 14.6 Å². The van der Waals surface area contributed by atoms with Crippen molar-refractivity contribution in [1.82, 2.24) is 20.3 Å². The molecule has 2 aromatic heterocycles. The monoisotopic (exact) mass is 508 g/mol. The van der Waals surface area contributed by atoms with Crippen molar-refractivity contribution in [3.63, 3.8) is 0 Å². The van der Waals surface area contributed by atoms with E-state index in [1.807, 2.05) is 0 Å². The highest BCUT2D eigenvalue weighted by atomic mass is 35.5. The summed E-state index contributed by atoms with van der Waals surface area (Å²) in [6.07, 6.45) is 6.83. The largest absolute Gasteiger partial charge is 0.395 e. The highest BCUT2D eigenvalue weighted by Gasteiger charge is 2.48. The number of morpholine rings is 1. The van der Waals surface area contributed by atoms with Gasteiger partial charge in [0, 0.05) is 36.9 Å². The van der Waals surface area contributed by atoms with E-state index in [4.69, 9.17) is 26.4 Å². The minimum atomic E-state index is -0.235. The molecule has 10 heteroatoms. The average molecular weight is 509 g/mol. The van der Waals surface area contributed by atoms with Crippen molar-refractivity contribution in [3.05, 3.63) is 47.6 Å². The first-order valence-corrected chi connectivity index (χ1v) is 12.8. The molecule has 3 aromatic rings. The Bertz CT molecular complexity index is 1290. The number of carbonyl (C=O) groups excluding carboxylic acids is 1. The lowest BCUT2D eigenvalue weighted by Gasteiger charge is -2.29. The molecule has 9 nitrogen and oxygen atoms in total. The van der Waals surface area contributed by atoms with Crippen molar-refractivity contribution in [1.29, 1.82) is 0 Å². The van der Waals surface area contributed by atoms with Crippen molar-refractivity contribution in [3.8, 4) is 11.4 Å². The molecule has 3 heterocycles. The first-order valence-electron chi connectivity index (χ1n) is 12.4. The summed E-state index contributed by atoms with van der Waals surface area (Å²) in [5.41, 5.74) is 4.11. The predicted molar refractivity (Wildman–Crippen MR) is 139 cm³/mol. The molecule has 4 atom stereocenters. The molecule has 1 saturated heterocycles. The van der Waals surface area contributed by atoms with Gasteiger partial charge in [-0.25, -0.2) is 9.97 Å². The van der Waals surface area contributed by atoms with E-state index >= 15 is 0 Å². The zero-order valence-corrected chi connectivity index (χ0v) is 20.5. The number of hydrogen-bond acceptors (Lipinski definition) is 7. The van der Waals surface area contributed by atoms with Gasteiger partial charge < -0.3 is 30.4 Å². The van der Waals surface area contributed by atoms with E-state index < -0.39 is 0 Å². The summed E-state index contributed by atoms with van der Waals surface area (Å²) < 4.78 is 5.45. The maximum absolute atomic E-state index is 12.9. The number of carbonyl (C=O) groups is 1. The fourth-order valence-electron chi connectivity index (χ4n) is 5.70. The van der Waals surface area contributed by atoms with Crippen LogP contribution in [0.1, 0.15) is 6.42 Å². The fourth-order valence-corrected chi connectivity index (χ4v) is 5.90.